The van der Waals surface area contributed by atoms with Crippen LogP contribution in [-0.4, -0.2) is 17.0 Å². The number of rotatable bonds is 4. The molecule has 0 saturated heterocycles. The van der Waals surface area contributed by atoms with Crippen LogP contribution in [0.3, 0.4) is 0 Å². The zero-order chi connectivity index (χ0) is 14.0. The number of carbonyl (C=O) groups excluding carboxylic acids is 1. The highest BCUT2D eigenvalue weighted by atomic mass is 16.4. The van der Waals surface area contributed by atoms with Crippen LogP contribution in [0.15, 0.2) is 27.4 Å². The summed E-state index contributed by atoms with van der Waals surface area (Å²) in [7, 11) is 1.68. The lowest BCUT2D eigenvalue weighted by molar-refractivity contribution is -0.123. The number of carbonyl (C=O) groups is 1. The van der Waals surface area contributed by atoms with Crippen molar-refractivity contribution in [2.45, 2.75) is 20.3 Å². The SMILES string of the molecule is CC(C)C(=O)NCCc1ccc2c(c1)oc(=O)n2C. The zero-order valence-corrected chi connectivity index (χ0v) is 11.4. The van der Waals surface area contributed by atoms with Crippen LogP contribution in [0, 0.1) is 5.92 Å². The van der Waals surface area contributed by atoms with Gasteiger partial charge in [-0.3, -0.25) is 9.36 Å². The maximum Gasteiger partial charge on any atom is 0.419 e. The van der Waals surface area contributed by atoms with Gasteiger partial charge < -0.3 is 9.73 Å². The minimum Gasteiger partial charge on any atom is -0.408 e. The molecule has 1 amide bonds. The van der Waals surface area contributed by atoms with Crippen molar-refractivity contribution in [2.24, 2.45) is 13.0 Å². The Labute approximate surface area is 111 Å². The van der Waals surface area contributed by atoms with Gasteiger partial charge in [-0.25, -0.2) is 4.79 Å². The molecule has 0 radical (unpaired) electrons. The predicted octanol–water partition coefficient (Wildman–Crippen LogP) is 1.45. The van der Waals surface area contributed by atoms with Crippen molar-refractivity contribution in [2.75, 3.05) is 6.54 Å². The van der Waals surface area contributed by atoms with Crippen molar-refractivity contribution in [1.29, 1.82) is 0 Å². The van der Waals surface area contributed by atoms with E-state index < -0.39 is 0 Å². The Balaban J connectivity index is 2.06. The molecule has 1 aromatic heterocycles. The number of amides is 1. The van der Waals surface area contributed by atoms with Crippen LogP contribution >= 0.6 is 0 Å². The van der Waals surface area contributed by atoms with E-state index in [4.69, 9.17) is 4.42 Å². The second kappa shape index (κ2) is 5.30. The summed E-state index contributed by atoms with van der Waals surface area (Å²) < 4.78 is 6.60. The van der Waals surface area contributed by atoms with Gasteiger partial charge >= 0.3 is 5.76 Å². The van der Waals surface area contributed by atoms with Gasteiger partial charge in [0.25, 0.3) is 0 Å². The number of benzene rings is 1. The molecule has 0 bridgehead atoms. The number of oxazole rings is 1. The van der Waals surface area contributed by atoms with Crippen LogP contribution in [0.2, 0.25) is 0 Å². The molecular weight excluding hydrogens is 244 g/mol. The van der Waals surface area contributed by atoms with E-state index in [2.05, 4.69) is 5.32 Å². The Kier molecular flexibility index (Phi) is 3.74. The molecule has 0 saturated carbocycles. The summed E-state index contributed by atoms with van der Waals surface area (Å²) in [5.74, 6) is -0.317. The van der Waals surface area contributed by atoms with E-state index in [-0.39, 0.29) is 17.6 Å². The van der Waals surface area contributed by atoms with Gasteiger partial charge in [0.05, 0.1) is 5.52 Å². The molecule has 2 aromatic rings. The van der Waals surface area contributed by atoms with Crippen molar-refractivity contribution < 1.29 is 9.21 Å². The zero-order valence-electron chi connectivity index (χ0n) is 11.4. The van der Waals surface area contributed by atoms with E-state index in [0.29, 0.717) is 18.5 Å². The van der Waals surface area contributed by atoms with Gasteiger partial charge in [0.1, 0.15) is 0 Å². The standard InChI is InChI=1S/C14H18N2O3/c1-9(2)13(17)15-7-6-10-4-5-11-12(8-10)19-14(18)16(11)3/h4-5,8-9H,6-7H2,1-3H3,(H,15,17). The monoisotopic (exact) mass is 262 g/mol. The third-order valence-corrected chi connectivity index (χ3v) is 3.09. The summed E-state index contributed by atoms with van der Waals surface area (Å²) in [6.45, 7) is 4.31. The molecule has 5 nitrogen and oxygen atoms in total. The van der Waals surface area contributed by atoms with Gasteiger partial charge in [0, 0.05) is 19.5 Å². The minimum atomic E-state index is -0.361. The highest BCUT2D eigenvalue weighted by molar-refractivity contribution is 5.77. The lowest BCUT2D eigenvalue weighted by atomic mass is 10.1. The quantitative estimate of drug-likeness (QED) is 0.907. The second-order valence-corrected chi connectivity index (χ2v) is 4.92. The molecule has 0 unspecified atom stereocenters. The molecule has 1 heterocycles. The number of nitrogens with zero attached hydrogens (tertiary/aromatic N) is 1. The molecule has 1 N–H and O–H groups in total. The van der Waals surface area contributed by atoms with Crippen molar-refractivity contribution in [3.8, 4) is 0 Å². The molecule has 102 valence electrons. The van der Waals surface area contributed by atoms with Crippen molar-refractivity contribution in [3.05, 3.63) is 34.3 Å². The van der Waals surface area contributed by atoms with Gasteiger partial charge in [0.15, 0.2) is 5.58 Å². The van der Waals surface area contributed by atoms with Crippen molar-refractivity contribution in [3.63, 3.8) is 0 Å². The molecule has 0 fully saturated rings. The average molecular weight is 262 g/mol. The third kappa shape index (κ3) is 2.86. The molecule has 0 aliphatic carbocycles. The van der Waals surface area contributed by atoms with E-state index in [1.165, 1.54) is 4.57 Å². The Bertz CT molecular complexity index is 652. The first kappa shape index (κ1) is 13.4. The predicted molar refractivity (Wildman–Crippen MR) is 73.0 cm³/mol. The third-order valence-electron chi connectivity index (χ3n) is 3.09. The number of aromatic nitrogens is 1. The highest BCUT2D eigenvalue weighted by Gasteiger charge is 2.08. The number of hydrogen-bond acceptors (Lipinski definition) is 3. The average Bonchev–Trinajstić information content (AvgIpc) is 2.64. The van der Waals surface area contributed by atoms with Crippen LogP contribution < -0.4 is 11.1 Å². The fraction of sp³-hybridized carbons (Fsp3) is 0.429. The Morgan fingerprint density at radius 3 is 2.84 bits per heavy atom. The first-order chi connectivity index (χ1) is 8.99. The molecule has 5 heteroatoms. The number of aryl methyl sites for hydroxylation is 1. The van der Waals surface area contributed by atoms with Crippen LogP contribution in [0.4, 0.5) is 0 Å². The number of nitrogens with one attached hydrogen (secondary N) is 1. The smallest absolute Gasteiger partial charge is 0.408 e. The summed E-state index contributed by atoms with van der Waals surface area (Å²) in [5.41, 5.74) is 2.39. The molecule has 19 heavy (non-hydrogen) atoms. The summed E-state index contributed by atoms with van der Waals surface area (Å²) >= 11 is 0. The van der Waals surface area contributed by atoms with Crippen molar-refractivity contribution in [1.82, 2.24) is 9.88 Å². The number of fused-ring (bicyclic) bond motifs is 1. The molecule has 0 aliphatic rings. The fourth-order valence-corrected chi connectivity index (χ4v) is 1.87. The molecule has 0 atom stereocenters. The van der Waals surface area contributed by atoms with E-state index in [1.807, 2.05) is 32.0 Å². The van der Waals surface area contributed by atoms with E-state index in [9.17, 15) is 9.59 Å². The van der Waals surface area contributed by atoms with E-state index in [1.54, 1.807) is 7.05 Å². The topological polar surface area (TPSA) is 64.2 Å². The maximum atomic E-state index is 11.4. The summed E-state index contributed by atoms with van der Waals surface area (Å²) in [4.78, 5) is 22.8. The largest absolute Gasteiger partial charge is 0.419 e. The normalized spacial score (nSPS) is 11.2. The Hall–Kier alpha value is -2.04. The first-order valence-electron chi connectivity index (χ1n) is 6.35. The second-order valence-electron chi connectivity index (χ2n) is 4.92. The van der Waals surface area contributed by atoms with Crippen LogP contribution in [-0.2, 0) is 18.3 Å². The van der Waals surface area contributed by atoms with Gasteiger partial charge in [-0.05, 0) is 24.1 Å². The highest BCUT2D eigenvalue weighted by Crippen LogP contribution is 2.14. The van der Waals surface area contributed by atoms with E-state index >= 15 is 0 Å². The molecule has 0 spiro atoms. The van der Waals surface area contributed by atoms with Gasteiger partial charge in [-0.2, -0.15) is 0 Å². The number of hydrogen-bond donors (Lipinski definition) is 1. The van der Waals surface area contributed by atoms with E-state index in [0.717, 1.165) is 11.1 Å². The van der Waals surface area contributed by atoms with Gasteiger partial charge in [-0.1, -0.05) is 19.9 Å². The van der Waals surface area contributed by atoms with Gasteiger partial charge in [-0.15, -0.1) is 0 Å². The maximum absolute atomic E-state index is 11.4. The lowest BCUT2D eigenvalue weighted by Crippen LogP contribution is -2.29. The Morgan fingerprint density at radius 2 is 2.16 bits per heavy atom. The van der Waals surface area contributed by atoms with Crippen molar-refractivity contribution >= 4 is 17.0 Å². The first-order valence-corrected chi connectivity index (χ1v) is 6.35. The molecule has 1 aromatic carbocycles. The summed E-state index contributed by atoms with van der Waals surface area (Å²) in [5, 5.41) is 2.86. The summed E-state index contributed by atoms with van der Waals surface area (Å²) in [6.07, 6.45) is 0.715. The lowest BCUT2D eigenvalue weighted by Gasteiger charge is -2.07. The molecular formula is C14H18N2O3. The summed E-state index contributed by atoms with van der Waals surface area (Å²) in [6, 6.07) is 5.65. The Morgan fingerprint density at radius 1 is 1.42 bits per heavy atom. The minimum absolute atomic E-state index is 0.00498. The fourth-order valence-electron chi connectivity index (χ4n) is 1.87. The molecule has 2 rings (SSSR count). The van der Waals surface area contributed by atoms with Crippen LogP contribution in [0.1, 0.15) is 19.4 Å². The molecule has 0 aliphatic heterocycles. The van der Waals surface area contributed by atoms with Crippen LogP contribution in [0.5, 0.6) is 0 Å². The van der Waals surface area contributed by atoms with Gasteiger partial charge in [0.2, 0.25) is 5.91 Å². The van der Waals surface area contributed by atoms with Crippen LogP contribution in [0.25, 0.3) is 11.1 Å².